The minimum atomic E-state index is -4.25. The number of aliphatic hydroxyl groups excluding tert-OH is 1. The Balaban J connectivity index is 2.19. The summed E-state index contributed by atoms with van der Waals surface area (Å²) in [6, 6.07) is 0. The number of halogens is 3. The number of rotatable bonds is 7. The van der Waals surface area contributed by atoms with Crippen molar-refractivity contribution in [3.63, 3.8) is 0 Å². The molecule has 1 aliphatic rings. The summed E-state index contributed by atoms with van der Waals surface area (Å²) in [7, 11) is 0. The van der Waals surface area contributed by atoms with Gasteiger partial charge in [-0.3, -0.25) is 4.90 Å². The zero-order valence-electron chi connectivity index (χ0n) is 10.3. The Morgan fingerprint density at radius 2 is 2.06 bits per heavy atom. The van der Waals surface area contributed by atoms with E-state index >= 15 is 0 Å². The number of ether oxygens (including phenoxy) is 2. The zero-order chi connectivity index (χ0) is 13.4. The first-order chi connectivity index (χ1) is 8.51. The fourth-order valence-electron chi connectivity index (χ4n) is 1.82. The second-order valence-corrected chi connectivity index (χ2v) is 4.28. The van der Waals surface area contributed by atoms with E-state index in [1.807, 2.05) is 0 Å². The first kappa shape index (κ1) is 15.7. The van der Waals surface area contributed by atoms with E-state index < -0.39 is 12.7 Å². The summed E-state index contributed by atoms with van der Waals surface area (Å²) in [5.74, 6) is 0. The van der Waals surface area contributed by atoms with Gasteiger partial charge in [-0.25, -0.2) is 0 Å². The molecule has 7 heteroatoms. The van der Waals surface area contributed by atoms with Crippen molar-refractivity contribution in [2.75, 3.05) is 39.5 Å². The molecule has 108 valence electrons. The van der Waals surface area contributed by atoms with Gasteiger partial charge in [-0.05, 0) is 19.3 Å². The lowest BCUT2D eigenvalue weighted by atomic mass is 10.2. The molecule has 1 saturated heterocycles. The third-order valence-corrected chi connectivity index (χ3v) is 2.67. The molecule has 1 rings (SSSR count). The van der Waals surface area contributed by atoms with E-state index in [1.165, 1.54) is 0 Å². The van der Waals surface area contributed by atoms with Crippen molar-refractivity contribution in [2.45, 2.75) is 31.7 Å². The molecule has 1 heterocycles. The average Bonchev–Trinajstić information content (AvgIpc) is 2.28. The molecule has 1 fully saturated rings. The van der Waals surface area contributed by atoms with Gasteiger partial charge in [-0.15, -0.1) is 0 Å². The molecule has 0 amide bonds. The number of alkyl halides is 3. The van der Waals surface area contributed by atoms with E-state index in [-0.39, 0.29) is 32.6 Å². The first-order valence-electron chi connectivity index (χ1n) is 6.14. The van der Waals surface area contributed by atoms with Gasteiger partial charge in [0.2, 0.25) is 0 Å². The highest BCUT2D eigenvalue weighted by Crippen LogP contribution is 2.17. The van der Waals surface area contributed by atoms with E-state index in [9.17, 15) is 13.2 Å². The second kappa shape index (κ2) is 7.93. The fraction of sp³-hybridized carbons (Fsp3) is 1.00. The van der Waals surface area contributed by atoms with Gasteiger partial charge >= 0.3 is 6.18 Å². The molecular weight excluding hydrogens is 251 g/mol. The molecule has 0 spiro atoms. The lowest BCUT2D eigenvalue weighted by Crippen LogP contribution is -2.39. The normalized spacial score (nSPS) is 21.5. The van der Waals surface area contributed by atoms with Crippen LogP contribution in [0, 0.1) is 0 Å². The highest BCUT2D eigenvalue weighted by molar-refractivity contribution is 4.63. The highest BCUT2D eigenvalue weighted by Gasteiger charge is 2.30. The van der Waals surface area contributed by atoms with Gasteiger partial charge in [0.05, 0.1) is 19.8 Å². The van der Waals surface area contributed by atoms with E-state index in [1.54, 1.807) is 0 Å². The van der Waals surface area contributed by atoms with Gasteiger partial charge in [0.25, 0.3) is 0 Å². The molecule has 0 aliphatic carbocycles. The van der Waals surface area contributed by atoms with Crippen LogP contribution >= 0.6 is 0 Å². The van der Waals surface area contributed by atoms with Crippen LogP contribution in [0.15, 0.2) is 0 Å². The Morgan fingerprint density at radius 1 is 1.28 bits per heavy atom. The minimum Gasteiger partial charge on any atom is -0.395 e. The maximum atomic E-state index is 12.2. The molecule has 18 heavy (non-hydrogen) atoms. The first-order valence-corrected chi connectivity index (χ1v) is 6.14. The third-order valence-electron chi connectivity index (χ3n) is 2.67. The standard InChI is InChI=1S/C11H20F3NO3/c12-11(13,14)9-15(4-6-16)5-8-18-10-3-1-2-7-17-10/h10,16H,1-9H2. The van der Waals surface area contributed by atoms with Crippen LogP contribution in [-0.4, -0.2) is 61.9 Å². The Hall–Kier alpha value is -0.370. The van der Waals surface area contributed by atoms with Crippen molar-refractivity contribution >= 4 is 0 Å². The van der Waals surface area contributed by atoms with Crippen LogP contribution in [0.4, 0.5) is 13.2 Å². The van der Waals surface area contributed by atoms with Gasteiger partial charge < -0.3 is 14.6 Å². The monoisotopic (exact) mass is 271 g/mol. The van der Waals surface area contributed by atoms with Gasteiger partial charge in [0.15, 0.2) is 6.29 Å². The van der Waals surface area contributed by atoms with Crippen LogP contribution in [0.3, 0.4) is 0 Å². The third kappa shape index (κ3) is 7.15. The maximum Gasteiger partial charge on any atom is 0.401 e. The van der Waals surface area contributed by atoms with Crippen molar-refractivity contribution in [3.05, 3.63) is 0 Å². The summed E-state index contributed by atoms with van der Waals surface area (Å²) >= 11 is 0. The van der Waals surface area contributed by atoms with Crippen LogP contribution < -0.4 is 0 Å². The summed E-state index contributed by atoms with van der Waals surface area (Å²) in [4.78, 5) is 1.13. The molecule has 0 aromatic heterocycles. The highest BCUT2D eigenvalue weighted by atomic mass is 19.4. The van der Waals surface area contributed by atoms with Gasteiger partial charge in [-0.1, -0.05) is 0 Å². The zero-order valence-corrected chi connectivity index (χ0v) is 10.3. The van der Waals surface area contributed by atoms with E-state index in [4.69, 9.17) is 14.6 Å². The van der Waals surface area contributed by atoms with Crippen LogP contribution in [0.25, 0.3) is 0 Å². The van der Waals surface area contributed by atoms with Crippen molar-refractivity contribution in [2.24, 2.45) is 0 Å². The Kier molecular flexibility index (Phi) is 6.91. The predicted molar refractivity (Wildman–Crippen MR) is 59.1 cm³/mol. The summed E-state index contributed by atoms with van der Waals surface area (Å²) in [6.07, 6.45) is -1.73. The molecule has 4 nitrogen and oxygen atoms in total. The van der Waals surface area contributed by atoms with Crippen molar-refractivity contribution < 1.29 is 27.8 Å². The van der Waals surface area contributed by atoms with E-state index in [2.05, 4.69) is 0 Å². The topological polar surface area (TPSA) is 41.9 Å². The molecule has 1 aliphatic heterocycles. The van der Waals surface area contributed by atoms with E-state index in [0.717, 1.165) is 24.2 Å². The van der Waals surface area contributed by atoms with Crippen molar-refractivity contribution in [1.82, 2.24) is 4.90 Å². The summed E-state index contributed by atoms with van der Waals surface area (Å²) in [5.41, 5.74) is 0. The quantitative estimate of drug-likeness (QED) is 0.759. The molecule has 0 aromatic carbocycles. The summed E-state index contributed by atoms with van der Waals surface area (Å²) in [6.45, 7) is -0.360. The van der Waals surface area contributed by atoms with Crippen LogP contribution in [-0.2, 0) is 9.47 Å². The van der Waals surface area contributed by atoms with Gasteiger partial charge in [-0.2, -0.15) is 13.2 Å². The Morgan fingerprint density at radius 3 is 2.61 bits per heavy atom. The molecule has 0 saturated carbocycles. The van der Waals surface area contributed by atoms with Crippen LogP contribution in [0.1, 0.15) is 19.3 Å². The number of hydrogen-bond acceptors (Lipinski definition) is 4. The number of hydrogen-bond donors (Lipinski definition) is 1. The van der Waals surface area contributed by atoms with Crippen LogP contribution in [0.2, 0.25) is 0 Å². The molecule has 0 radical (unpaired) electrons. The molecule has 0 aromatic rings. The predicted octanol–water partition coefficient (Wildman–Crippen LogP) is 1.39. The maximum absolute atomic E-state index is 12.2. The summed E-state index contributed by atoms with van der Waals surface area (Å²) in [5, 5.41) is 8.71. The molecule has 1 N–H and O–H groups in total. The molecule has 1 atom stereocenters. The summed E-state index contributed by atoms with van der Waals surface area (Å²) < 4.78 is 47.3. The number of aliphatic hydroxyl groups is 1. The van der Waals surface area contributed by atoms with Crippen molar-refractivity contribution in [3.8, 4) is 0 Å². The largest absolute Gasteiger partial charge is 0.401 e. The van der Waals surface area contributed by atoms with Crippen LogP contribution in [0.5, 0.6) is 0 Å². The molecule has 0 bridgehead atoms. The lowest BCUT2D eigenvalue weighted by molar-refractivity contribution is -0.172. The van der Waals surface area contributed by atoms with Crippen molar-refractivity contribution in [1.29, 1.82) is 0 Å². The van der Waals surface area contributed by atoms with Gasteiger partial charge in [0, 0.05) is 19.7 Å². The fourth-order valence-corrected chi connectivity index (χ4v) is 1.82. The molecule has 1 unspecified atom stereocenters. The van der Waals surface area contributed by atoms with Gasteiger partial charge in [0.1, 0.15) is 0 Å². The average molecular weight is 271 g/mol. The van der Waals surface area contributed by atoms with E-state index in [0.29, 0.717) is 6.61 Å². The Bertz CT molecular complexity index is 220. The second-order valence-electron chi connectivity index (χ2n) is 4.28. The SMILES string of the molecule is OCCN(CCOC1CCCCO1)CC(F)(F)F. The smallest absolute Gasteiger partial charge is 0.395 e. The lowest BCUT2D eigenvalue weighted by Gasteiger charge is -2.26. The minimum absolute atomic E-state index is 0.00556. The Labute approximate surface area is 105 Å². The molecular formula is C11H20F3NO3. The number of nitrogens with zero attached hydrogens (tertiary/aromatic N) is 1.